The van der Waals surface area contributed by atoms with Crippen molar-refractivity contribution < 1.29 is 0 Å². The number of anilines is 1. The Labute approximate surface area is 114 Å². The molecule has 1 N–H and O–H groups in total. The highest BCUT2D eigenvalue weighted by Crippen LogP contribution is 2.21. The van der Waals surface area contributed by atoms with E-state index in [4.69, 9.17) is 11.6 Å². The lowest BCUT2D eigenvalue weighted by atomic mass is 10.1. The summed E-state index contributed by atoms with van der Waals surface area (Å²) in [5, 5.41) is 4.11. The zero-order valence-corrected chi connectivity index (χ0v) is 11.7. The van der Waals surface area contributed by atoms with Crippen LogP contribution in [0.3, 0.4) is 0 Å². The first kappa shape index (κ1) is 12.4. The molecule has 0 saturated heterocycles. The van der Waals surface area contributed by atoms with E-state index in [1.165, 1.54) is 11.1 Å². The first-order valence-electron chi connectivity index (χ1n) is 5.26. The van der Waals surface area contributed by atoms with E-state index in [2.05, 4.69) is 33.2 Å². The number of rotatable bonds is 3. The summed E-state index contributed by atoms with van der Waals surface area (Å²) in [6.45, 7) is 2.81. The van der Waals surface area contributed by atoms with Gasteiger partial charge in [0.2, 0.25) is 0 Å². The van der Waals surface area contributed by atoms with Crippen LogP contribution in [0.25, 0.3) is 0 Å². The summed E-state index contributed by atoms with van der Waals surface area (Å²) in [5.74, 6) is 0. The maximum absolute atomic E-state index is 5.92. The van der Waals surface area contributed by atoms with Crippen molar-refractivity contribution in [3.05, 3.63) is 57.3 Å². The lowest BCUT2D eigenvalue weighted by Crippen LogP contribution is -2.02. The van der Waals surface area contributed by atoms with Gasteiger partial charge in [0, 0.05) is 17.8 Å². The van der Waals surface area contributed by atoms with Crippen molar-refractivity contribution >= 4 is 33.2 Å². The van der Waals surface area contributed by atoms with Crippen LogP contribution in [0, 0.1) is 6.92 Å². The average Bonchev–Trinajstić information content (AvgIpc) is 2.30. The summed E-state index contributed by atoms with van der Waals surface area (Å²) in [4.78, 5) is 4.16. The first-order chi connectivity index (χ1) is 8.16. The van der Waals surface area contributed by atoms with Crippen LogP contribution in [0.1, 0.15) is 11.1 Å². The van der Waals surface area contributed by atoms with Crippen LogP contribution in [0.15, 0.2) is 41.1 Å². The number of benzene rings is 1. The Morgan fingerprint density at radius 1 is 1.35 bits per heavy atom. The maximum atomic E-state index is 5.92. The third kappa shape index (κ3) is 3.20. The molecular formula is C13H12BrClN2. The number of aromatic nitrogens is 1. The molecule has 2 rings (SSSR count). The summed E-state index contributed by atoms with van der Waals surface area (Å²) in [7, 11) is 0. The molecule has 0 radical (unpaired) electrons. The molecule has 0 fully saturated rings. The molecule has 1 aromatic carbocycles. The van der Waals surface area contributed by atoms with E-state index in [1.54, 1.807) is 6.20 Å². The van der Waals surface area contributed by atoms with Crippen LogP contribution in [-0.4, -0.2) is 4.98 Å². The first-order valence-corrected chi connectivity index (χ1v) is 6.43. The Bertz CT molecular complexity index is 529. The molecule has 88 valence electrons. The largest absolute Gasteiger partial charge is 0.379 e. The summed E-state index contributed by atoms with van der Waals surface area (Å²) >= 11 is 9.33. The molecule has 0 unspecified atom stereocenters. The summed E-state index contributed by atoms with van der Waals surface area (Å²) in [5.41, 5.74) is 3.40. The van der Waals surface area contributed by atoms with Crippen LogP contribution in [0.4, 0.5) is 5.69 Å². The van der Waals surface area contributed by atoms with Gasteiger partial charge in [0.15, 0.2) is 0 Å². The van der Waals surface area contributed by atoms with Crippen LogP contribution >= 0.6 is 27.5 Å². The molecule has 0 aliphatic carbocycles. The van der Waals surface area contributed by atoms with Crippen molar-refractivity contribution in [1.29, 1.82) is 0 Å². The van der Waals surface area contributed by atoms with Gasteiger partial charge >= 0.3 is 0 Å². The second-order valence-corrected chi connectivity index (χ2v) is 4.95. The van der Waals surface area contributed by atoms with Crippen molar-refractivity contribution in [2.24, 2.45) is 0 Å². The van der Waals surface area contributed by atoms with E-state index in [0.29, 0.717) is 0 Å². The SMILES string of the molecule is Cc1cc(Cl)ccc1CNc1cccnc1Br. The Hall–Kier alpha value is -1.06. The summed E-state index contributed by atoms with van der Waals surface area (Å²) in [6.07, 6.45) is 1.75. The minimum absolute atomic E-state index is 0.757. The lowest BCUT2D eigenvalue weighted by Gasteiger charge is -2.10. The van der Waals surface area contributed by atoms with Crippen LogP contribution in [-0.2, 0) is 6.54 Å². The number of aryl methyl sites for hydroxylation is 1. The maximum Gasteiger partial charge on any atom is 0.129 e. The predicted octanol–water partition coefficient (Wildman–Crippen LogP) is 4.42. The molecule has 1 aromatic heterocycles. The van der Waals surface area contributed by atoms with Crippen molar-refractivity contribution in [2.75, 3.05) is 5.32 Å². The molecule has 0 amide bonds. The standard InChI is InChI=1S/C13H12BrClN2/c1-9-7-11(15)5-4-10(9)8-17-12-3-2-6-16-13(12)14/h2-7,17H,8H2,1H3. The van der Waals surface area contributed by atoms with Gasteiger partial charge in [0.1, 0.15) is 4.60 Å². The van der Waals surface area contributed by atoms with Gasteiger partial charge in [-0.3, -0.25) is 0 Å². The van der Waals surface area contributed by atoms with Gasteiger partial charge in [-0.25, -0.2) is 4.98 Å². The molecule has 17 heavy (non-hydrogen) atoms. The van der Waals surface area contributed by atoms with Gasteiger partial charge in [-0.1, -0.05) is 17.7 Å². The smallest absolute Gasteiger partial charge is 0.129 e. The van der Waals surface area contributed by atoms with Gasteiger partial charge < -0.3 is 5.32 Å². The fourth-order valence-corrected chi connectivity index (χ4v) is 2.18. The molecule has 0 spiro atoms. The number of nitrogens with one attached hydrogen (secondary N) is 1. The highest BCUT2D eigenvalue weighted by molar-refractivity contribution is 9.10. The second kappa shape index (κ2) is 5.52. The molecule has 0 saturated carbocycles. The van der Waals surface area contributed by atoms with Gasteiger partial charge in [0.25, 0.3) is 0 Å². The third-order valence-electron chi connectivity index (χ3n) is 2.53. The lowest BCUT2D eigenvalue weighted by molar-refractivity contribution is 1.10. The van der Waals surface area contributed by atoms with E-state index < -0.39 is 0 Å². The van der Waals surface area contributed by atoms with Crippen molar-refractivity contribution in [2.45, 2.75) is 13.5 Å². The topological polar surface area (TPSA) is 24.9 Å². The molecule has 4 heteroatoms. The van der Waals surface area contributed by atoms with Crippen molar-refractivity contribution in [3.63, 3.8) is 0 Å². The molecular weight excluding hydrogens is 300 g/mol. The molecule has 0 bridgehead atoms. The molecule has 0 aliphatic heterocycles. The van der Waals surface area contributed by atoms with E-state index in [1.807, 2.05) is 30.3 Å². The van der Waals surface area contributed by atoms with Gasteiger partial charge in [-0.2, -0.15) is 0 Å². The molecule has 0 aliphatic rings. The minimum Gasteiger partial charge on any atom is -0.379 e. The van der Waals surface area contributed by atoms with Crippen LogP contribution < -0.4 is 5.32 Å². The Balaban J connectivity index is 2.10. The number of hydrogen-bond acceptors (Lipinski definition) is 2. The highest BCUT2D eigenvalue weighted by atomic mass is 79.9. The van der Waals surface area contributed by atoms with Gasteiger partial charge in [-0.05, 0) is 58.2 Å². The van der Waals surface area contributed by atoms with Crippen molar-refractivity contribution in [3.8, 4) is 0 Å². The Morgan fingerprint density at radius 2 is 2.18 bits per heavy atom. The monoisotopic (exact) mass is 310 g/mol. The van der Waals surface area contributed by atoms with E-state index in [0.717, 1.165) is 21.9 Å². The number of nitrogens with zero attached hydrogens (tertiary/aromatic N) is 1. The molecule has 1 heterocycles. The fourth-order valence-electron chi connectivity index (χ4n) is 1.57. The Kier molecular flexibility index (Phi) is 4.02. The van der Waals surface area contributed by atoms with E-state index in [9.17, 15) is 0 Å². The quantitative estimate of drug-likeness (QED) is 0.849. The van der Waals surface area contributed by atoms with Gasteiger partial charge in [0.05, 0.1) is 5.69 Å². The summed E-state index contributed by atoms with van der Waals surface area (Å²) < 4.78 is 0.826. The number of halogens is 2. The zero-order chi connectivity index (χ0) is 12.3. The second-order valence-electron chi connectivity index (χ2n) is 3.77. The molecule has 2 aromatic rings. The zero-order valence-electron chi connectivity index (χ0n) is 9.37. The van der Waals surface area contributed by atoms with Crippen LogP contribution in [0.2, 0.25) is 5.02 Å². The third-order valence-corrected chi connectivity index (χ3v) is 3.40. The predicted molar refractivity (Wildman–Crippen MR) is 75.5 cm³/mol. The Morgan fingerprint density at radius 3 is 2.88 bits per heavy atom. The minimum atomic E-state index is 0.757. The fraction of sp³-hybridized carbons (Fsp3) is 0.154. The normalized spacial score (nSPS) is 10.3. The van der Waals surface area contributed by atoms with E-state index >= 15 is 0 Å². The van der Waals surface area contributed by atoms with E-state index in [-0.39, 0.29) is 0 Å². The summed E-state index contributed by atoms with van der Waals surface area (Å²) in [6, 6.07) is 9.81. The van der Waals surface area contributed by atoms with Crippen LogP contribution in [0.5, 0.6) is 0 Å². The average molecular weight is 312 g/mol. The number of hydrogen-bond donors (Lipinski definition) is 1. The number of pyridine rings is 1. The van der Waals surface area contributed by atoms with Gasteiger partial charge in [-0.15, -0.1) is 0 Å². The molecule has 0 atom stereocenters. The van der Waals surface area contributed by atoms with Crippen molar-refractivity contribution in [1.82, 2.24) is 4.98 Å². The highest BCUT2D eigenvalue weighted by Gasteiger charge is 2.02. The molecule has 2 nitrogen and oxygen atoms in total.